The number of para-hydroxylation sites is 2. The van der Waals surface area contributed by atoms with Gasteiger partial charge in [-0.1, -0.05) is 12.1 Å². The van der Waals surface area contributed by atoms with Gasteiger partial charge in [-0.15, -0.1) is 24.8 Å². The molecule has 2 heterocycles. The Kier molecular flexibility index (Phi) is 8.31. The first-order valence-electron chi connectivity index (χ1n) is 7.89. The lowest BCUT2D eigenvalue weighted by Gasteiger charge is -2.23. The van der Waals surface area contributed by atoms with Crippen LogP contribution in [0.15, 0.2) is 24.3 Å². The molecule has 1 fully saturated rings. The van der Waals surface area contributed by atoms with Crippen molar-refractivity contribution in [2.75, 3.05) is 19.6 Å². The van der Waals surface area contributed by atoms with Crippen LogP contribution in [0.2, 0.25) is 0 Å². The number of hydrogen-bond acceptors (Lipinski definition) is 3. The van der Waals surface area contributed by atoms with E-state index in [1.165, 1.54) is 0 Å². The quantitative estimate of drug-likeness (QED) is 0.767. The summed E-state index contributed by atoms with van der Waals surface area (Å²) >= 11 is 0. The zero-order chi connectivity index (χ0) is 15.4. The number of halogens is 2. The number of carbonyl (C=O) groups is 1. The fourth-order valence-corrected chi connectivity index (χ4v) is 2.91. The average Bonchev–Trinajstić information content (AvgIpc) is 2.85. The monoisotopic (exact) mass is 373 g/mol. The number of nitrogens with zero attached hydrogens (tertiary/aromatic N) is 2. The van der Waals surface area contributed by atoms with Gasteiger partial charge in [0.15, 0.2) is 0 Å². The van der Waals surface area contributed by atoms with Crippen LogP contribution in [-0.2, 0) is 13.5 Å². The molecule has 1 aliphatic rings. The Balaban J connectivity index is 0.00000144. The van der Waals surface area contributed by atoms with Gasteiger partial charge in [-0.05, 0) is 38.1 Å². The van der Waals surface area contributed by atoms with Crippen molar-refractivity contribution in [3.8, 4) is 0 Å². The molecule has 0 bridgehead atoms. The molecule has 0 aliphatic carbocycles. The van der Waals surface area contributed by atoms with E-state index in [1.807, 2.05) is 25.2 Å². The summed E-state index contributed by atoms with van der Waals surface area (Å²) in [5.74, 6) is 0.989. The van der Waals surface area contributed by atoms with Crippen LogP contribution in [-0.4, -0.2) is 41.3 Å². The Morgan fingerprint density at radius 2 is 2.00 bits per heavy atom. The van der Waals surface area contributed by atoms with E-state index in [9.17, 15) is 4.79 Å². The van der Waals surface area contributed by atoms with Crippen LogP contribution in [0.25, 0.3) is 11.0 Å². The predicted molar refractivity (Wildman–Crippen MR) is 101 cm³/mol. The number of fused-ring (bicyclic) bond motifs is 1. The number of benzene rings is 1. The summed E-state index contributed by atoms with van der Waals surface area (Å²) in [7, 11) is 2.01. The lowest BCUT2D eigenvalue weighted by atomic mass is 10.1. The van der Waals surface area contributed by atoms with Gasteiger partial charge in [0, 0.05) is 26.1 Å². The highest BCUT2D eigenvalue weighted by molar-refractivity contribution is 5.85. The van der Waals surface area contributed by atoms with Gasteiger partial charge in [0.25, 0.3) is 0 Å². The second-order valence-corrected chi connectivity index (χ2v) is 5.75. The van der Waals surface area contributed by atoms with Crippen molar-refractivity contribution in [1.29, 1.82) is 0 Å². The van der Waals surface area contributed by atoms with E-state index in [0.29, 0.717) is 6.54 Å². The fourth-order valence-electron chi connectivity index (χ4n) is 2.91. The van der Waals surface area contributed by atoms with Gasteiger partial charge in [-0.3, -0.25) is 0 Å². The molecule has 0 unspecified atom stereocenters. The molecule has 6 nitrogen and oxygen atoms in total. The van der Waals surface area contributed by atoms with Crippen LogP contribution in [0.3, 0.4) is 0 Å². The number of rotatable bonds is 4. The third kappa shape index (κ3) is 5.00. The highest BCUT2D eigenvalue weighted by Gasteiger charge is 2.15. The summed E-state index contributed by atoms with van der Waals surface area (Å²) in [4.78, 5) is 16.5. The van der Waals surface area contributed by atoms with E-state index in [2.05, 4.69) is 31.6 Å². The molecule has 3 N–H and O–H groups in total. The number of imidazole rings is 1. The average molecular weight is 374 g/mol. The Morgan fingerprint density at radius 1 is 1.29 bits per heavy atom. The molecule has 2 amide bonds. The van der Waals surface area contributed by atoms with E-state index >= 15 is 0 Å². The molecule has 2 aromatic rings. The van der Waals surface area contributed by atoms with Crippen LogP contribution < -0.4 is 16.0 Å². The van der Waals surface area contributed by atoms with Gasteiger partial charge >= 0.3 is 6.03 Å². The number of aryl methyl sites for hydroxylation is 1. The summed E-state index contributed by atoms with van der Waals surface area (Å²) in [5, 5.41) is 9.24. The van der Waals surface area contributed by atoms with Crippen molar-refractivity contribution in [3.63, 3.8) is 0 Å². The zero-order valence-corrected chi connectivity index (χ0v) is 15.4. The first-order chi connectivity index (χ1) is 10.7. The SMILES string of the molecule is Cl.Cl.Cn1c(CCNC(=O)NC2CCNCC2)nc2ccccc21. The minimum atomic E-state index is -0.0781. The van der Waals surface area contributed by atoms with E-state index in [-0.39, 0.29) is 36.9 Å². The summed E-state index contributed by atoms with van der Waals surface area (Å²) in [6.07, 6.45) is 2.72. The maximum Gasteiger partial charge on any atom is 0.315 e. The van der Waals surface area contributed by atoms with Crippen LogP contribution >= 0.6 is 24.8 Å². The van der Waals surface area contributed by atoms with E-state index in [0.717, 1.165) is 49.2 Å². The molecule has 1 aliphatic heterocycles. The summed E-state index contributed by atoms with van der Waals surface area (Å²) in [6.45, 7) is 2.55. The van der Waals surface area contributed by atoms with Crippen molar-refractivity contribution in [1.82, 2.24) is 25.5 Å². The molecule has 1 aromatic heterocycles. The number of urea groups is 1. The number of carbonyl (C=O) groups excluding carboxylic acids is 1. The van der Waals surface area contributed by atoms with Gasteiger partial charge < -0.3 is 20.5 Å². The number of aromatic nitrogens is 2. The topological polar surface area (TPSA) is 71.0 Å². The lowest BCUT2D eigenvalue weighted by molar-refractivity contribution is 0.233. The summed E-state index contributed by atoms with van der Waals surface area (Å²) in [5.41, 5.74) is 2.12. The van der Waals surface area contributed by atoms with Crippen molar-refractivity contribution < 1.29 is 4.79 Å². The van der Waals surface area contributed by atoms with Crippen molar-refractivity contribution in [2.45, 2.75) is 25.3 Å². The molecule has 0 saturated carbocycles. The molecule has 134 valence electrons. The van der Waals surface area contributed by atoms with Crippen LogP contribution in [0, 0.1) is 0 Å². The molecular weight excluding hydrogens is 349 g/mol. The minimum absolute atomic E-state index is 0. The minimum Gasteiger partial charge on any atom is -0.338 e. The predicted octanol–water partition coefficient (Wildman–Crippen LogP) is 2.01. The number of nitrogens with one attached hydrogen (secondary N) is 3. The van der Waals surface area contributed by atoms with Gasteiger partial charge in [0.05, 0.1) is 11.0 Å². The molecule has 0 atom stereocenters. The van der Waals surface area contributed by atoms with E-state index in [4.69, 9.17) is 0 Å². The van der Waals surface area contributed by atoms with Crippen molar-refractivity contribution in [3.05, 3.63) is 30.1 Å². The molecule has 3 rings (SSSR count). The van der Waals surface area contributed by atoms with Gasteiger partial charge in [-0.2, -0.15) is 0 Å². The molecule has 0 spiro atoms. The Labute approximate surface area is 154 Å². The normalized spacial score (nSPS) is 14.5. The highest BCUT2D eigenvalue weighted by atomic mass is 35.5. The van der Waals surface area contributed by atoms with Crippen LogP contribution in [0.1, 0.15) is 18.7 Å². The number of piperidine rings is 1. The third-order valence-corrected chi connectivity index (χ3v) is 4.19. The molecule has 0 radical (unpaired) electrons. The number of hydrogen-bond donors (Lipinski definition) is 3. The molecule has 1 aromatic carbocycles. The lowest BCUT2D eigenvalue weighted by Crippen LogP contribution is -2.47. The Bertz CT molecular complexity index is 655. The van der Waals surface area contributed by atoms with Crippen molar-refractivity contribution in [2.24, 2.45) is 7.05 Å². The second-order valence-electron chi connectivity index (χ2n) is 5.75. The second kappa shape index (κ2) is 9.71. The van der Waals surface area contributed by atoms with E-state index in [1.54, 1.807) is 0 Å². The Hall–Kier alpha value is -1.50. The summed E-state index contributed by atoms with van der Waals surface area (Å²) < 4.78 is 2.09. The Morgan fingerprint density at radius 3 is 2.71 bits per heavy atom. The van der Waals surface area contributed by atoms with Crippen LogP contribution in [0.4, 0.5) is 4.79 Å². The summed E-state index contributed by atoms with van der Waals surface area (Å²) in [6, 6.07) is 8.28. The van der Waals surface area contributed by atoms with Gasteiger partial charge in [0.1, 0.15) is 5.82 Å². The molecule has 1 saturated heterocycles. The van der Waals surface area contributed by atoms with E-state index < -0.39 is 0 Å². The smallest absolute Gasteiger partial charge is 0.315 e. The molecular formula is C16H25Cl2N5O. The highest BCUT2D eigenvalue weighted by Crippen LogP contribution is 2.14. The standard InChI is InChI=1S/C16H23N5O.2ClH/c1-21-14-5-3-2-4-13(14)20-15(21)8-11-18-16(22)19-12-6-9-17-10-7-12;;/h2-5,12,17H,6-11H2,1H3,(H2,18,19,22);2*1H. The maximum absolute atomic E-state index is 11.9. The molecule has 24 heavy (non-hydrogen) atoms. The largest absolute Gasteiger partial charge is 0.338 e. The number of amides is 2. The zero-order valence-electron chi connectivity index (χ0n) is 13.7. The maximum atomic E-state index is 11.9. The first-order valence-corrected chi connectivity index (χ1v) is 7.89. The first kappa shape index (κ1) is 20.5. The fraction of sp³-hybridized carbons (Fsp3) is 0.500. The van der Waals surface area contributed by atoms with Crippen molar-refractivity contribution >= 4 is 41.9 Å². The van der Waals surface area contributed by atoms with Gasteiger partial charge in [0.2, 0.25) is 0 Å². The van der Waals surface area contributed by atoms with Crippen LogP contribution in [0.5, 0.6) is 0 Å². The van der Waals surface area contributed by atoms with Gasteiger partial charge in [-0.25, -0.2) is 9.78 Å². The molecule has 8 heteroatoms. The third-order valence-electron chi connectivity index (χ3n) is 4.19.